The highest BCUT2D eigenvalue weighted by Gasteiger charge is 2.22. The first-order chi connectivity index (χ1) is 13.9. The first kappa shape index (κ1) is 19.4. The van der Waals surface area contributed by atoms with Crippen LogP contribution in [0.25, 0.3) is 10.2 Å². The van der Waals surface area contributed by atoms with Crippen molar-refractivity contribution in [2.24, 2.45) is 0 Å². The number of furan rings is 1. The van der Waals surface area contributed by atoms with Gasteiger partial charge in [-0.2, -0.15) is 0 Å². The van der Waals surface area contributed by atoms with Gasteiger partial charge in [-0.15, -0.1) is 0 Å². The molecule has 0 saturated carbocycles. The van der Waals surface area contributed by atoms with Crippen molar-refractivity contribution in [3.05, 3.63) is 82.3 Å². The summed E-state index contributed by atoms with van der Waals surface area (Å²) in [5, 5.41) is 0.707. The zero-order valence-corrected chi connectivity index (χ0v) is 18.0. The first-order valence-corrected chi connectivity index (χ1v) is 10.5. The molecule has 0 saturated heterocycles. The third kappa shape index (κ3) is 3.96. The molecule has 0 aliphatic rings. The summed E-state index contributed by atoms with van der Waals surface area (Å²) in [7, 11) is 0. The molecule has 2 aromatic heterocycles. The number of hydrogen-bond donors (Lipinski definition) is 0. The molecule has 0 N–H and O–H groups in total. The number of thiazole rings is 1. The second-order valence-corrected chi connectivity index (χ2v) is 8.51. The van der Waals surface area contributed by atoms with E-state index in [1.807, 2.05) is 18.2 Å². The summed E-state index contributed by atoms with van der Waals surface area (Å²) in [5.41, 5.74) is 6.76. The van der Waals surface area contributed by atoms with Crippen LogP contribution in [0.4, 0.5) is 5.13 Å². The van der Waals surface area contributed by atoms with Gasteiger partial charge in [-0.1, -0.05) is 35.6 Å². The Morgan fingerprint density at radius 2 is 1.83 bits per heavy atom. The quantitative estimate of drug-likeness (QED) is 0.416. The predicted molar refractivity (Wildman–Crippen MR) is 119 cm³/mol. The van der Waals surface area contributed by atoms with Gasteiger partial charge in [0, 0.05) is 0 Å². The number of fused-ring (bicyclic) bond motifs is 1. The number of nitrogens with zero attached hydrogens (tertiary/aromatic N) is 2. The molecule has 0 aliphatic heterocycles. The molecular formula is C24H24N2O2S. The SMILES string of the molecule is Cc1ccc(CC(=O)N(Cc2ccco2)c2nc3c(C)c(C)ccc3s2)cc1C. The lowest BCUT2D eigenvalue weighted by Gasteiger charge is -2.19. The Labute approximate surface area is 174 Å². The van der Waals surface area contributed by atoms with Crippen LogP contribution in [-0.4, -0.2) is 10.9 Å². The fraction of sp³-hybridized carbons (Fsp3) is 0.250. The lowest BCUT2D eigenvalue weighted by atomic mass is 10.0. The molecule has 4 aromatic rings. The summed E-state index contributed by atoms with van der Waals surface area (Å²) >= 11 is 1.55. The lowest BCUT2D eigenvalue weighted by Crippen LogP contribution is -2.31. The van der Waals surface area contributed by atoms with E-state index in [2.05, 4.69) is 52.0 Å². The largest absolute Gasteiger partial charge is 0.467 e. The summed E-state index contributed by atoms with van der Waals surface area (Å²) in [6.07, 6.45) is 1.96. The Morgan fingerprint density at radius 1 is 1.03 bits per heavy atom. The third-order valence-corrected chi connectivity index (χ3v) is 6.47. The molecular weight excluding hydrogens is 380 g/mol. The predicted octanol–water partition coefficient (Wildman–Crippen LogP) is 5.90. The summed E-state index contributed by atoms with van der Waals surface area (Å²) in [6, 6.07) is 14.1. The topological polar surface area (TPSA) is 46.3 Å². The molecule has 0 aliphatic carbocycles. The van der Waals surface area contributed by atoms with Gasteiger partial charge in [0.15, 0.2) is 5.13 Å². The van der Waals surface area contributed by atoms with Crippen LogP contribution in [0.15, 0.2) is 53.1 Å². The zero-order chi connectivity index (χ0) is 20.5. The van der Waals surface area contributed by atoms with Crippen LogP contribution in [0.1, 0.15) is 33.6 Å². The average Bonchev–Trinajstić information content (AvgIpc) is 3.35. The molecule has 4 rings (SSSR count). The van der Waals surface area contributed by atoms with Crippen molar-refractivity contribution < 1.29 is 9.21 Å². The Hall–Kier alpha value is -2.92. The van der Waals surface area contributed by atoms with Gasteiger partial charge in [0.25, 0.3) is 0 Å². The van der Waals surface area contributed by atoms with E-state index in [1.54, 1.807) is 22.5 Å². The molecule has 0 spiro atoms. The molecule has 0 fully saturated rings. The Bertz CT molecular complexity index is 1180. The highest BCUT2D eigenvalue weighted by molar-refractivity contribution is 7.22. The van der Waals surface area contributed by atoms with E-state index in [4.69, 9.17) is 9.40 Å². The lowest BCUT2D eigenvalue weighted by molar-refractivity contribution is -0.118. The first-order valence-electron chi connectivity index (χ1n) is 9.68. The van der Waals surface area contributed by atoms with Crippen molar-refractivity contribution in [3.8, 4) is 0 Å². The molecule has 29 heavy (non-hydrogen) atoms. The van der Waals surface area contributed by atoms with Crippen molar-refractivity contribution >= 4 is 32.6 Å². The molecule has 0 unspecified atom stereocenters. The fourth-order valence-electron chi connectivity index (χ4n) is 3.33. The molecule has 5 heteroatoms. The number of aromatic nitrogens is 1. The van der Waals surface area contributed by atoms with Crippen LogP contribution in [0.5, 0.6) is 0 Å². The van der Waals surface area contributed by atoms with Crippen LogP contribution in [0.3, 0.4) is 0 Å². The molecule has 0 atom stereocenters. The Morgan fingerprint density at radius 3 is 2.55 bits per heavy atom. The second kappa shape index (κ2) is 7.84. The minimum Gasteiger partial charge on any atom is -0.467 e. The number of rotatable bonds is 5. The molecule has 148 valence electrons. The molecule has 1 amide bonds. The number of benzene rings is 2. The van der Waals surface area contributed by atoms with Crippen LogP contribution in [0.2, 0.25) is 0 Å². The van der Waals surface area contributed by atoms with E-state index in [9.17, 15) is 4.79 Å². The normalized spacial score (nSPS) is 11.2. The van der Waals surface area contributed by atoms with E-state index >= 15 is 0 Å². The number of amides is 1. The highest BCUT2D eigenvalue weighted by atomic mass is 32.1. The van der Waals surface area contributed by atoms with Gasteiger partial charge in [-0.05, 0) is 73.7 Å². The second-order valence-electron chi connectivity index (χ2n) is 7.51. The maximum atomic E-state index is 13.3. The van der Waals surface area contributed by atoms with Gasteiger partial charge in [-0.25, -0.2) is 4.98 Å². The van der Waals surface area contributed by atoms with E-state index in [0.717, 1.165) is 27.1 Å². The highest BCUT2D eigenvalue weighted by Crippen LogP contribution is 2.33. The summed E-state index contributed by atoms with van der Waals surface area (Å²) in [4.78, 5) is 19.9. The van der Waals surface area contributed by atoms with E-state index in [-0.39, 0.29) is 5.91 Å². The summed E-state index contributed by atoms with van der Waals surface area (Å²) in [6.45, 7) is 8.68. The van der Waals surface area contributed by atoms with Gasteiger partial charge >= 0.3 is 0 Å². The summed E-state index contributed by atoms with van der Waals surface area (Å²) < 4.78 is 6.61. The van der Waals surface area contributed by atoms with Crippen molar-refractivity contribution in [2.75, 3.05) is 4.90 Å². The standard InChI is InChI=1S/C24H24N2O2S/c1-15-7-9-19(12-17(15)3)13-22(27)26(14-20-6-5-11-28-20)24-25-23-18(4)16(2)8-10-21(23)29-24/h5-12H,13-14H2,1-4H3. The maximum absolute atomic E-state index is 13.3. The zero-order valence-electron chi connectivity index (χ0n) is 17.2. The number of aryl methyl sites for hydroxylation is 4. The van der Waals surface area contributed by atoms with E-state index < -0.39 is 0 Å². The van der Waals surface area contributed by atoms with Gasteiger partial charge in [0.1, 0.15) is 5.76 Å². The van der Waals surface area contributed by atoms with Crippen LogP contribution < -0.4 is 4.90 Å². The molecule has 2 aromatic carbocycles. The molecule has 2 heterocycles. The van der Waals surface area contributed by atoms with Gasteiger partial charge < -0.3 is 4.42 Å². The summed E-state index contributed by atoms with van der Waals surface area (Å²) in [5.74, 6) is 0.753. The van der Waals surface area contributed by atoms with Gasteiger partial charge in [0.05, 0.1) is 29.4 Å². The van der Waals surface area contributed by atoms with Crippen LogP contribution in [0, 0.1) is 27.7 Å². The maximum Gasteiger partial charge on any atom is 0.233 e. The number of hydrogen-bond acceptors (Lipinski definition) is 4. The van der Waals surface area contributed by atoms with Crippen LogP contribution >= 0.6 is 11.3 Å². The minimum atomic E-state index is 0.0121. The smallest absolute Gasteiger partial charge is 0.233 e. The van der Waals surface area contributed by atoms with E-state index in [0.29, 0.717) is 18.1 Å². The molecule has 4 nitrogen and oxygen atoms in total. The van der Waals surface area contributed by atoms with Crippen LogP contribution in [-0.2, 0) is 17.8 Å². The third-order valence-electron chi connectivity index (χ3n) is 5.43. The van der Waals surface area contributed by atoms with Gasteiger partial charge in [-0.3, -0.25) is 9.69 Å². The number of carbonyl (C=O) groups is 1. The Kier molecular flexibility index (Phi) is 5.24. The van der Waals surface area contributed by atoms with Crippen molar-refractivity contribution in [3.63, 3.8) is 0 Å². The Balaban J connectivity index is 1.70. The molecule has 0 radical (unpaired) electrons. The number of anilines is 1. The average molecular weight is 405 g/mol. The monoisotopic (exact) mass is 404 g/mol. The van der Waals surface area contributed by atoms with Crippen molar-refractivity contribution in [1.29, 1.82) is 0 Å². The van der Waals surface area contributed by atoms with E-state index in [1.165, 1.54) is 16.7 Å². The fourth-order valence-corrected chi connectivity index (χ4v) is 4.38. The van der Waals surface area contributed by atoms with Crippen molar-refractivity contribution in [2.45, 2.75) is 40.7 Å². The molecule has 0 bridgehead atoms. The minimum absolute atomic E-state index is 0.0121. The number of carbonyl (C=O) groups excluding carboxylic acids is 1. The van der Waals surface area contributed by atoms with Crippen molar-refractivity contribution in [1.82, 2.24) is 4.98 Å². The van der Waals surface area contributed by atoms with Gasteiger partial charge in [0.2, 0.25) is 5.91 Å².